The predicted molar refractivity (Wildman–Crippen MR) is 67.6 cm³/mol. The lowest BCUT2D eigenvalue weighted by molar-refractivity contribution is 0.263. The summed E-state index contributed by atoms with van der Waals surface area (Å²) in [5, 5.41) is 7.40. The van der Waals surface area contributed by atoms with Gasteiger partial charge in [0, 0.05) is 19.2 Å². The van der Waals surface area contributed by atoms with Gasteiger partial charge in [0.1, 0.15) is 0 Å². The largest absolute Gasteiger partial charge is 0.360 e. The molecule has 4 heteroatoms. The highest BCUT2D eigenvalue weighted by atomic mass is 16.5. The van der Waals surface area contributed by atoms with Crippen molar-refractivity contribution >= 4 is 0 Å². The second-order valence-corrected chi connectivity index (χ2v) is 5.10. The Bertz CT molecular complexity index is 333. The lowest BCUT2D eigenvalue weighted by atomic mass is 10.3. The molecule has 1 aromatic rings. The van der Waals surface area contributed by atoms with Crippen molar-refractivity contribution in [3.05, 3.63) is 17.5 Å². The van der Waals surface area contributed by atoms with Gasteiger partial charge in [-0.05, 0) is 38.8 Å². The van der Waals surface area contributed by atoms with Crippen LogP contribution in [-0.2, 0) is 13.1 Å². The first kappa shape index (κ1) is 12.6. The van der Waals surface area contributed by atoms with Crippen LogP contribution in [-0.4, -0.2) is 30.2 Å². The molecule has 1 aromatic heterocycles. The molecule has 0 bridgehead atoms. The Labute approximate surface area is 103 Å². The molecule has 1 aliphatic rings. The summed E-state index contributed by atoms with van der Waals surface area (Å²) in [6.07, 6.45) is 3.94. The topological polar surface area (TPSA) is 41.3 Å². The van der Waals surface area contributed by atoms with Crippen LogP contribution in [0, 0.1) is 5.92 Å². The van der Waals surface area contributed by atoms with Crippen molar-refractivity contribution in [2.24, 2.45) is 5.92 Å². The molecule has 0 aliphatic heterocycles. The van der Waals surface area contributed by atoms with Gasteiger partial charge in [0.25, 0.3) is 0 Å². The first-order valence-corrected chi connectivity index (χ1v) is 6.61. The smallest absolute Gasteiger partial charge is 0.151 e. The Morgan fingerprint density at radius 2 is 2.35 bits per heavy atom. The van der Waals surface area contributed by atoms with Crippen molar-refractivity contribution < 1.29 is 4.52 Å². The van der Waals surface area contributed by atoms with Gasteiger partial charge in [-0.15, -0.1) is 0 Å². The Morgan fingerprint density at radius 3 is 3.06 bits per heavy atom. The average Bonchev–Trinajstić information content (AvgIpc) is 2.99. The Kier molecular flexibility index (Phi) is 4.57. The van der Waals surface area contributed by atoms with Crippen LogP contribution in [0.4, 0.5) is 0 Å². The zero-order valence-electron chi connectivity index (χ0n) is 10.9. The van der Waals surface area contributed by atoms with Gasteiger partial charge in [0.2, 0.25) is 0 Å². The molecule has 96 valence electrons. The highest BCUT2D eigenvalue weighted by Gasteiger charge is 2.23. The summed E-state index contributed by atoms with van der Waals surface area (Å²) < 4.78 is 5.34. The van der Waals surface area contributed by atoms with Crippen LogP contribution in [0.2, 0.25) is 0 Å². The monoisotopic (exact) mass is 237 g/mol. The van der Waals surface area contributed by atoms with E-state index in [0.717, 1.165) is 43.4 Å². The fourth-order valence-electron chi connectivity index (χ4n) is 1.98. The van der Waals surface area contributed by atoms with Crippen molar-refractivity contribution in [1.82, 2.24) is 15.4 Å². The number of hydrogen-bond acceptors (Lipinski definition) is 4. The maximum atomic E-state index is 5.34. The van der Waals surface area contributed by atoms with E-state index in [9.17, 15) is 0 Å². The van der Waals surface area contributed by atoms with Gasteiger partial charge in [-0.3, -0.25) is 4.90 Å². The van der Waals surface area contributed by atoms with Crippen LogP contribution in [0.3, 0.4) is 0 Å². The predicted octanol–water partition coefficient (Wildman–Crippen LogP) is 2.02. The first-order valence-electron chi connectivity index (χ1n) is 6.61. The van der Waals surface area contributed by atoms with Crippen molar-refractivity contribution in [2.75, 3.05) is 20.1 Å². The molecule has 4 nitrogen and oxygen atoms in total. The Morgan fingerprint density at radius 1 is 1.53 bits per heavy atom. The zero-order valence-corrected chi connectivity index (χ0v) is 10.9. The van der Waals surface area contributed by atoms with Crippen LogP contribution in [0.5, 0.6) is 0 Å². The molecule has 17 heavy (non-hydrogen) atoms. The van der Waals surface area contributed by atoms with Gasteiger partial charge >= 0.3 is 0 Å². The Balaban J connectivity index is 1.72. The van der Waals surface area contributed by atoms with Gasteiger partial charge in [0.15, 0.2) is 5.76 Å². The zero-order chi connectivity index (χ0) is 12.1. The molecule has 0 spiro atoms. The maximum Gasteiger partial charge on any atom is 0.151 e. The number of aromatic nitrogens is 1. The molecule has 0 saturated heterocycles. The van der Waals surface area contributed by atoms with Gasteiger partial charge in [0.05, 0.1) is 12.2 Å². The highest BCUT2D eigenvalue weighted by molar-refractivity contribution is 5.05. The van der Waals surface area contributed by atoms with E-state index >= 15 is 0 Å². The third-order valence-corrected chi connectivity index (χ3v) is 3.03. The molecule has 0 radical (unpaired) electrons. The van der Waals surface area contributed by atoms with Crippen LogP contribution < -0.4 is 5.32 Å². The molecule has 1 fully saturated rings. The minimum atomic E-state index is 0.809. The van der Waals surface area contributed by atoms with Crippen molar-refractivity contribution in [1.29, 1.82) is 0 Å². The summed E-state index contributed by atoms with van der Waals surface area (Å²) in [5.74, 6) is 1.90. The molecular weight excluding hydrogens is 214 g/mol. The van der Waals surface area contributed by atoms with Crippen LogP contribution in [0.25, 0.3) is 0 Å². The molecule has 0 atom stereocenters. The molecule has 0 unspecified atom stereocenters. The lowest BCUT2D eigenvalue weighted by Gasteiger charge is -2.13. The van der Waals surface area contributed by atoms with E-state index in [2.05, 4.69) is 35.4 Å². The first-order chi connectivity index (χ1) is 8.28. The van der Waals surface area contributed by atoms with Gasteiger partial charge in [-0.25, -0.2) is 0 Å². The Hall–Kier alpha value is -0.870. The standard InChI is InChI=1S/C13H23N3O/c1-3-6-14-8-12-7-13(17-15-12)10-16(2)9-11-4-5-11/h7,11,14H,3-6,8-10H2,1-2H3. The van der Waals surface area contributed by atoms with E-state index < -0.39 is 0 Å². The van der Waals surface area contributed by atoms with Crippen LogP contribution >= 0.6 is 0 Å². The summed E-state index contributed by atoms with van der Waals surface area (Å²) in [4.78, 5) is 2.32. The van der Waals surface area contributed by atoms with E-state index in [-0.39, 0.29) is 0 Å². The minimum Gasteiger partial charge on any atom is -0.360 e. The van der Waals surface area contributed by atoms with Crippen molar-refractivity contribution in [3.8, 4) is 0 Å². The van der Waals surface area contributed by atoms with E-state index in [1.165, 1.54) is 19.4 Å². The summed E-state index contributed by atoms with van der Waals surface area (Å²) >= 11 is 0. The SMILES string of the molecule is CCCNCc1cc(CN(C)CC2CC2)on1. The minimum absolute atomic E-state index is 0.809. The average molecular weight is 237 g/mol. The van der Waals surface area contributed by atoms with Gasteiger partial charge in [-0.1, -0.05) is 12.1 Å². The van der Waals surface area contributed by atoms with E-state index in [0.29, 0.717) is 0 Å². The second kappa shape index (κ2) is 6.17. The summed E-state index contributed by atoms with van der Waals surface area (Å²) in [7, 11) is 2.15. The van der Waals surface area contributed by atoms with E-state index in [1.807, 2.05) is 0 Å². The van der Waals surface area contributed by atoms with Gasteiger partial charge in [-0.2, -0.15) is 0 Å². The summed E-state index contributed by atoms with van der Waals surface area (Å²) in [6, 6.07) is 2.06. The molecule has 0 aromatic carbocycles. The second-order valence-electron chi connectivity index (χ2n) is 5.10. The maximum absolute atomic E-state index is 5.34. The molecule has 1 heterocycles. The molecule has 1 saturated carbocycles. The van der Waals surface area contributed by atoms with Crippen LogP contribution in [0.1, 0.15) is 37.6 Å². The molecule has 0 amide bonds. The number of rotatable bonds is 8. The van der Waals surface area contributed by atoms with Crippen LogP contribution in [0.15, 0.2) is 10.6 Å². The summed E-state index contributed by atoms with van der Waals surface area (Å²) in [5.41, 5.74) is 1.01. The van der Waals surface area contributed by atoms with Crippen molar-refractivity contribution in [3.63, 3.8) is 0 Å². The fraction of sp³-hybridized carbons (Fsp3) is 0.769. The number of nitrogens with one attached hydrogen (secondary N) is 1. The third kappa shape index (κ3) is 4.48. The quantitative estimate of drug-likeness (QED) is 0.702. The molecule has 1 aliphatic carbocycles. The lowest BCUT2D eigenvalue weighted by Crippen LogP contribution is -2.20. The van der Waals surface area contributed by atoms with E-state index in [1.54, 1.807) is 0 Å². The summed E-state index contributed by atoms with van der Waals surface area (Å²) in [6.45, 7) is 6.06. The third-order valence-electron chi connectivity index (χ3n) is 3.03. The molecule has 2 rings (SSSR count). The normalized spacial score (nSPS) is 15.7. The highest BCUT2D eigenvalue weighted by Crippen LogP contribution is 2.29. The molecule has 1 N–H and O–H groups in total. The molecular formula is C13H23N3O. The van der Waals surface area contributed by atoms with Gasteiger partial charge < -0.3 is 9.84 Å². The van der Waals surface area contributed by atoms with Crippen molar-refractivity contribution in [2.45, 2.75) is 39.3 Å². The fourth-order valence-corrected chi connectivity index (χ4v) is 1.98. The van der Waals surface area contributed by atoms with E-state index in [4.69, 9.17) is 4.52 Å². The number of nitrogens with zero attached hydrogens (tertiary/aromatic N) is 2. The number of hydrogen-bond donors (Lipinski definition) is 1.